The average molecular weight is 813 g/mol. The molecule has 4 amide bonds. The fourth-order valence-electron chi connectivity index (χ4n) is 8.12. The monoisotopic (exact) mass is 812 g/mol. The minimum atomic E-state index is -4.18. The van der Waals surface area contributed by atoms with Crippen molar-refractivity contribution < 1.29 is 46.5 Å². The first-order valence-electron chi connectivity index (χ1n) is 19.9. The first-order valence-corrected chi connectivity index (χ1v) is 21.3. The van der Waals surface area contributed by atoms with Crippen molar-refractivity contribution in [3.05, 3.63) is 35.9 Å². The van der Waals surface area contributed by atoms with E-state index in [2.05, 4.69) is 20.3 Å². The summed E-state index contributed by atoms with van der Waals surface area (Å²) in [5, 5.41) is 6.34. The van der Waals surface area contributed by atoms with Gasteiger partial charge in [0.15, 0.2) is 0 Å². The lowest BCUT2D eigenvalue weighted by Crippen LogP contribution is -2.60. The third-order valence-electron chi connectivity index (χ3n) is 11.4. The van der Waals surface area contributed by atoms with Crippen molar-refractivity contribution in [3.63, 3.8) is 0 Å². The van der Waals surface area contributed by atoms with Crippen LogP contribution in [0.5, 0.6) is 17.4 Å². The van der Waals surface area contributed by atoms with E-state index in [0.717, 1.165) is 35.6 Å². The van der Waals surface area contributed by atoms with Crippen molar-refractivity contribution in [1.82, 2.24) is 29.5 Å². The lowest BCUT2D eigenvalue weighted by Gasteiger charge is -2.35. The fourth-order valence-corrected chi connectivity index (χ4v) is 9.23. The number of ether oxygens (including phenoxy) is 4. The Morgan fingerprint density at radius 1 is 1.04 bits per heavy atom. The van der Waals surface area contributed by atoms with Crippen LogP contribution in [-0.4, -0.2) is 110 Å². The zero-order valence-electron chi connectivity index (χ0n) is 33.9. The number of likely N-dealkylation sites (tertiary alicyclic amines) is 1. The Balaban J connectivity index is 1.31. The van der Waals surface area contributed by atoms with Gasteiger partial charge >= 0.3 is 16.3 Å². The van der Waals surface area contributed by atoms with E-state index in [-0.39, 0.29) is 44.5 Å². The van der Waals surface area contributed by atoms with Crippen LogP contribution < -0.4 is 29.6 Å². The van der Waals surface area contributed by atoms with Crippen LogP contribution in [0.1, 0.15) is 85.1 Å². The molecule has 0 bridgehead atoms. The molecular weight excluding hydrogens is 757 g/mol. The lowest BCUT2D eigenvalue weighted by molar-refractivity contribution is -0.143. The molecule has 1 aromatic heterocycles. The van der Waals surface area contributed by atoms with E-state index >= 15 is 0 Å². The Kier molecular flexibility index (Phi) is 12.3. The highest BCUT2D eigenvalue weighted by Crippen LogP contribution is 2.47. The van der Waals surface area contributed by atoms with Gasteiger partial charge in [-0.1, -0.05) is 46.3 Å². The second-order valence-corrected chi connectivity index (χ2v) is 18.1. The molecule has 0 unspecified atom stereocenters. The largest absolute Gasteiger partial charge is 0.496 e. The lowest BCUT2D eigenvalue weighted by atomic mass is 9.85. The third-order valence-corrected chi connectivity index (χ3v) is 12.8. The molecule has 3 fully saturated rings. The Morgan fingerprint density at radius 2 is 1.74 bits per heavy atom. The third kappa shape index (κ3) is 8.93. The number of amides is 4. The van der Waals surface area contributed by atoms with Crippen LogP contribution in [-0.2, 0) is 29.3 Å². The first kappa shape index (κ1) is 42.0. The van der Waals surface area contributed by atoms with Crippen molar-refractivity contribution in [2.24, 2.45) is 11.3 Å². The van der Waals surface area contributed by atoms with Crippen molar-refractivity contribution in [2.75, 3.05) is 33.4 Å². The number of methoxy groups -OCH3 is 1. The normalized spacial score (nSPS) is 24.3. The van der Waals surface area contributed by atoms with Gasteiger partial charge in [0.1, 0.15) is 41.3 Å². The van der Waals surface area contributed by atoms with Crippen LogP contribution in [0.4, 0.5) is 4.79 Å². The second kappa shape index (κ2) is 16.7. The maximum absolute atomic E-state index is 14.7. The topological polar surface area (TPSA) is 195 Å². The molecule has 6 rings (SSSR count). The van der Waals surface area contributed by atoms with E-state index in [0.29, 0.717) is 41.3 Å². The van der Waals surface area contributed by atoms with Gasteiger partial charge in [0.2, 0.25) is 17.7 Å². The Bertz CT molecular complexity index is 2000. The summed E-state index contributed by atoms with van der Waals surface area (Å²) in [6.45, 7) is 11.6. The molecule has 312 valence electrons. The van der Waals surface area contributed by atoms with Gasteiger partial charge in [-0.3, -0.25) is 14.4 Å². The van der Waals surface area contributed by atoms with Crippen LogP contribution >= 0.6 is 0 Å². The van der Waals surface area contributed by atoms with Gasteiger partial charge in [0.25, 0.3) is 5.91 Å². The number of carbonyl (C=O) groups is 4. The number of hydrogen-bond acceptors (Lipinski definition) is 11. The Labute approximate surface area is 334 Å². The number of nitrogens with zero attached hydrogens (tertiary/aromatic N) is 3. The van der Waals surface area contributed by atoms with Crippen molar-refractivity contribution in [2.45, 2.75) is 116 Å². The van der Waals surface area contributed by atoms with Crippen LogP contribution in [0.2, 0.25) is 0 Å². The van der Waals surface area contributed by atoms with Crippen molar-refractivity contribution in [1.29, 1.82) is 0 Å². The molecule has 5 atom stereocenters. The van der Waals surface area contributed by atoms with Gasteiger partial charge in [-0.05, 0) is 69.4 Å². The fraction of sp³-hybridized carbons (Fsp3) is 0.625. The van der Waals surface area contributed by atoms with E-state index in [1.807, 2.05) is 53.7 Å². The standard InChI is InChI=1S/C40H56N6O10S/c1-8-25-22-40(25,37(49)44-57(51,52)45-18-12-13-19-45)43-35(47)29-20-27(55-31-21-32(54-9-2)41-33-24(3)30(53-7)17-16-28(31)33)23-46(29)36(48)34(39(4,5)6)42-38(50)56-26-14-10-11-15-26/h12-13,16-17,21,25-27,29,34H,8-11,14-15,18-20,22-23H2,1-7H3,(H,42,50)(H,43,47)(H,44,49)/t25-,27-,29+,34-,40-/m1/s1. The number of hydrogen-bond donors (Lipinski definition) is 3. The Hall–Kier alpha value is -4.64. The van der Waals surface area contributed by atoms with Gasteiger partial charge in [-0.25, -0.2) is 14.5 Å². The zero-order chi connectivity index (χ0) is 41.3. The summed E-state index contributed by atoms with van der Waals surface area (Å²) in [7, 11) is -2.60. The number of pyridine rings is 1. The average Bonchev–Trinajstić information content (AvgIpc) is 3.65. The Morgan fingerprint density at radius 3 is 2.35 bits per heavy atom. The number of rotatable bonds is 14. The van der Waals surface area contributed by atoms with Gasteiger partial charge < -0.3 is 34.5 Å². The summed E-state index contributed by atoms with van der Waals surface area (Å²) < 4.78 is 53.1. The molecule has 2 aliphatic heterocycles. The molecule has 1 aromatic carbocycles. The summed E-state index contributed by atoms with van der Waals surface area (Å²) >= 11 is 0. The quantitative estimate of drug-likeness (QED) is 0.234. The minimum absolute atomic E-state index is 0.0239. The molecule has 2 saturated carbocycles. The van der Waals surface area contributed by atoms with Crippen LogP contribution in [0.15, 0.2) is 30.4 Å². The van der Waals surface area contributed by atoms with E-state index in [4.69, 9.17) is 18.9 Å². The summed E-state index contributed by atoms with van der Waals surface area (Å²) in [4.78, 5) is 62.3. The summed E-state index contributed by atoms with van der Waals surface area (Å²) in [6.07, 6.45) is 5.86. The molecule has 0 radical (unpaired) electrons. The molecule has 4 aliphatic rings. The number of nitrogens with one attached hydrogen (secondary N) is 3. The molecule has 1 saturated heterocycles. The van der Waals surface area contributed by atoms with E-state index in [1.165, 1.54) is 4.90 Å². The summed E-state index contributed by atoms with van der Waals surface area (Å²) in [6, 6.07) is 3.05. The number of carbonyl (C=O) groups excluding carboxylic acids is 4. The van der Waals surface area contributed by atoms with Gasteiger partial charge in [-0.2, -0.15) is 12.7 Å². The smallest absolute Gasteiger partial charge is 0.408 e. The second-order valence-electron chi connectivity index (χ2n) is 16.4. The molecule has 0 spiro atoms. The number of aromatic nitrogens is 1. The predicted molar refractivity (Wildman–Crippen MR) is 211 cm³/mol. The molecule has 3 N–H and O–H groups in total. The molecule has 16 nitrogen and oxygen atoms in total. The summed E-state index contributed by atoms with van der Waals surface area (Å²) in [5.41, 5.74) is -0.941. The molecule has 3 heterocycles. The highest BCUT2D eigenvalue weighted by atomic mass is 32.2. The molecular formula is C40H56N6O10S. The maximum atomic E-state index is 14.7. The highest BCUT2D eigenvalue weighted by molar-refractivity contribution is 7.87. The van der Waals surface area contributed by atoms with E-state index in [9.17, 15) is 27.6 Å². The number of benzene rings is 1. The molecule has 57 heavy (non-hydrogen) atoms. The SMILES string of the molecule is CCOc1cc(O[C@@H]2C[C@@H](C(=O)N[C@]3(C(=O)NS(=O)(=O)N4CC=CC4)C[C@H]3CC)N(C(=O)[C@@H](NC(=O)OC3CCCC3)C(C)(C)C)C2)c2ccc(OC)c(C)c2n1. The van der Waals surface area contributed by atoms with Crippen LogP contribution in [0.3, 0.4) is 0 Å². The number of alkyl carbamates (subject to hydrolysis) is 1. The molecule has 2 aliphatic carbocycles. The minimum Gasteiger partial charge on any atom is -0.496 e. The maximum Gasteiger partial charge on any atom is 0.408 e. The molecule has 17 heteroatoms. The zero-order valence-corrected chi connectivity index (χ0v) is 34.7. The van der Waals surface area contributed by atoms with Crippen molar-refractivity contribution >= 4 is 44.9 Å². The summed E-state index contributed by atoms with van der Waals surface area (Å²) in [5.74, 6) is -0.968. The molecule has 2 aromatic rings. The van der Waals surface area contributed by atoms with Crippen LogP contribution in [0.25, 0.3) is 10.9 Å². The van der Waals surface area contributed by atoms with Crippen LogP contribution in [0, 0.1) is 18.3 Å². The van der Waals surface area contributed by atoms with Gasteiger partial charge in [0.05, 0.1) is 25.8 Å². The predicted octanol–water partition coefficient (Wildman–Crippen LogP) is 3.90. The van der Waals surface area contributed by atoms with E-state index in [1.54, 1.807) is 25.3 Å². The van der Waals surface area contributed by atoms with Gasteiger partial charge in [-0.15, -0.1) is 0 Å². The van der Waals surface area contributed by atoms with E-state index < -0.39 is 63.2 Å². The van der Waals surface area contributed by atoms with Crippen molar-refractivity contribution in [3.8, 4) is 17.4 Å². The highest BCUT2D eigenvalue weighted by Gasteiger charge is 2.62. The van der Waals surface area contributed by atoms with Gasteiger partial charge in [0, 0.05) is 36.5 Å². The number of aryl methyl sites for hydroxylation is 1. The number of fused-ring (bicyclic) bond motifs is 1. The first-order chi connectivity index (χ1) is 27.0.